The summed E-state index contributed by atoms with van der Waals surface area (Å²) in [5.41, 5.74) is -2.28. The van der Waals surface area contributed by atoms with Gasteiger partial charge in [0.05, 0.1) is 5.02 Å². The summed E-state index contributed by atoms with van der Waals surface area (Å²) in [7, 11) is 1.45. The van der Waals surface area contributed by atoms with E-state index in [1.165, 1.54) is 24.1 Å². The van der Waals surface area contributed by atoms with Gasteiger partial charge in [0.1, 0.15) is 5.67 Å². The van der Waals surface area contributed by atoms with E-state index in [2.05, 4.69) is 10.4 Å². The number of benzene rings is 1. The summed E-state index contributed by atoms with van der Waals surface area (Å²) in [6.07, 6.45) is -0.189. The van der Waals surface area contributed by atoms with Crippen LogP contribution in [0, 0.1) is 11.6 Å². The van der Waals surface area contributed by atoms with Gasteiger partial charge in [0.2, 0.25) is 0 Å². The molecule has 6 nitrogen and oxygen atoms in total. The average molecular weight is 401 g/mol. The number of urea groups is 1. The number of carbonyl (C=O) groups excluding carboxylic acids is 1. The predicted molar refractivity (Wildman–Crippen MR) is 93.5 cm³/mol. The van der Waals surface area contributed by atoms with Crippen LogP contribution in [0.25, 0.3) is 0 Å². The van der Waals surface area contributed by atoms with Crippen LogP contribution < -0.4 is 10.9 Å². The Morgan fingerprint density at radius 1 is 1.26 bits per heavy atom. The van der Waals surface area contributed by atoms with Crippen LogP contribution in [-0.4, -0.2) is 33.8 Å². The normalized spacial score (nSPS) is 16.3. The SMILES string of the molecule is Cn1nc(NC(=O)N2CCC(F)(c3cc(F)c(F)c(Cl)c3)CC2)ccc1=O. The van der Waals surface area contributed by atoms with Gasteiger partial charge in [-0.05, 0) is 23.8 Å². The first-order valence-electron chi connectivity index (χ1n) is 8.14. The van der Waals surface area contributed by atoms with E-state index in [1.54, 1.807) is 0 Å². The minimum absolute atomic E-state index is 0.0498. The largest absolute Gasteiger partial charge is 0.324 e. The Bertz CT molecular complexity index is 919. The summed E-state index contributed by atoms with van der Waals surface area (Å²) in [5.74, 6) is -2.24. The molecule has 1 aliphatic heterocycles. The molecule has 0 saturated carbocycles. The second-order valence-corrected chi connectivity index (χ2v) is 6.72. The van der Waals surface area contributed by atoms with E-state index in [0.717, 1.165) is 16.8 Å². The van der Waals surface area contributed by atoms with E-state index in [-0.39, 0.29) is 42.9 Å². The first-order valence-corrected chi connectivity index (χ1v) is 8.52. The molecule has 2 amide bonds. The molecule has 3 rings (SSSR count). The molecule has 1 aromatic carbocycles. The smallest absolute Gasteiger partial charge is 0.323 e. The third-order valence-corrected chi connectivity index (χ3v) is 4.81. The molecule has 1 aliphatic rings. The lowest BCUT2D eigenvalue weighted by Crippen LogP contribution is -2.45. The van der Waals surface area contributed by atoms with Gasteiger partial charge in [0.25, 0.3) is 5.56 Å². The van der Waals surface area contributed by atoms with Crippen molar-refractivity contribution < 1.29 is 18.0 Å². The Balaban J connectivity index is 1.68. The standard InChI is InChI=1S/C17H16ClF3N4O2/c1-24-14(26)3-2-13(23-24)22-16(27)25-6-4-17(21,5-7-25)10-8-11(18)15(20)12(19)9-10/h2-3,8-9H,4-7H2,1H3,(H,22,23,27). The molecule has 1 aromatic heterocycles. The second-order valence-electron chi connectivity index (χ2n) is 6.32. The summed E-state index contributed by atoms with van der Waals surface area (Å²) in [6, 6.07) is 4.01. The molecule has 0 atom stereocenters. The van der Waals surface area contributed by atoms with Crippen molar-refractivity contribution in [2.24, 2.45) is 7.05 Å². The number of likely N-dealkylation sites (tertiary alicyclic amines) is 1. The van der Waals surface area contributed by atoms with Crippen LogP contribution in [0.2, 0.25) is 5.02 Å². The molecule has 0 radical (unpaired) electrons. The molecule has 10 heteroatoms. The molecule has 0 spiro atoms. The number of hydrogen-bond acceptors (Lipinski definition) is 3. The van der Waals surface area contributed by atoms with Crippen molar-refractivity contribution in [1.29, 1.82) is 0 Å². The molecule has 1 fully saturated rings. The van der Waals surface area contributed by atoms with E-state index < -0.39 is 28.4 Å². The zero-order valence-electron chi connectivity index (χ0n) is 14.3. The van der Waals surface area contributed by atoms with Crippen molar-refractivity contribution in [1.82, 2.24) is 14.7 Å². The first-order chi connectivity index (χ1) is 12.7. The van der Waals surface area contributed by atoms with Crippen LogP contribution in [0.5, 0.6) is 0 Å². The summed E-state index contributed by atoms with van der Waals surface area (Å²) < 4.78 is 43.1. The molecule has 2 aromatic rings. The van der Waals surface area contributed by atoms with Crippen molar-refractivity contribution in [3.8, 4) is 0 Å². The number of amides is 2. The molecule has 1 saturated heterocycles. The van der Waals surface area contributed by atoms with Crippen LogP contribution in [-0.2, 0) is 12.7 Å². The Morgan fingerprint density at radius 2 is 1.93 bits per heavy atom. The van der Waals surface area contributed by atoms with Crippen LogP contribution in [0.3, 0.4) is 0 Å². The fourth-order valence-electron chi connectivity index (χ4n) is 2.92. The van der Waals surface area contributed by atoms with Crippen molar-refractivity contribution >= 4 is 23.4 Å². The molecule has 144 valence electrons. The highest BCUT2D eigenvalue weighted by molar-refractivity contribution is 6.30. The number of nitrogens with zero attached hydrogens (tertiary/aromatic N) is 3. The van der Waals surface area contributed by atoms with Gasteiger partial charge in [-0.1, -0.05) is 11.6 Å². The minimum Gasteiger partial charge on any atom is -0.324 e. The van der Waals surface area contributed by atoms with Crippen LogP contribution in [0.1, 0.15) is 18.4 Å². The molecular formula is C17H16ClF3N4O2. The fourth-order valence-corrected chi connectivity index (χ4v) is 3.13. The molecule has 2 heterocycles. The average Bonchev–Trinajstić information content (AvgIpc) is 2.63. The van der Waals surface area contributed by atoms with Crippen molar-refractivity contribution in [2.45, 2.75) is 18.5 Å². The second kappa shape index (κ2) is 7.22. The Labute approximate surface area is 157 Å². The molecule has 1 N–H and O–H groups in total. The number of piperidine rings is 1. The van der Waals surface area contributed by atoms with Crippen molar-refractivity contribution in [3.05, 3.63) is 56.8 Å². The van der Waals surface area contributed by atoms with Gasteiger partial charge in [0, 0.05) is 39.0 Å². The van der Waals surface area contributed by atoms with Gasteiger partial charge in [-0.2, -0.15) is 5.10 Å². The lowest BCUT2D eigenvalue weighted by molar-refractivity contribution is 0.0718. The van der Waals surface area contributed by atoms with Crippen LogP contribution in [0.15, 0.2) is 29.1 Å². The zero-order valence-corrected chi connectivity index (χ0v) is 15.1. The molecule has 27 heavy (non-hydrogen) atoms. The summed E-state index contributed by atoms with van der Waals surface area (Å²) in [4.78, 5) is 25.0. The lowest BCUT2D eigenvalue weighted by Gasteiger charge is -2.36. The third kappa shape index (κ3) is 3.92. The monoisotopic (exact) mass is 400 g/mol. The highest BCUT2D eigenvalue weighted by Gasteiger charge is 2.38. The van der Waals surface area contributed by atoms with Gasteiger partial charge < -0.3 is 4.90 Å². The Kier molecular flexibility index (Phi) is 5.14. The number of carbonyl (C=O) groups is 1. The van der Waals surface area contributed by atoms with Crippen molar-refractivity contribution in [3.63, 3.8) is 0 Å². The van der Waals surface area contributed by atoms with Crippen LogP contribution in [0.4, 0.5) is 23.8 Å². The summed E-state index contributed by atoms with van der Waals surface area (Å²) in [5, 5.41) is 5.94. The highest BCUT2D eigenvalue weighted by Crippen LogP contribution is 2.39. The van der Waals surface area contributed by atoms with E-state index >= 15 is 4.39 Å². The third-order valence-electron chi connectivity index (χ3n) is 4.54. The highest BCUT2D eigenvalue weighted by atomic mass is 35.5. The summed E-state index contributed by atoms with van der Waals surface area (Å²) >= 11 is 5.61. The predicted octanol–water partition coefficient (Wildman–Crippen LogP) is 3.20. The van der Waals surface area contributed by atoms with Gasteiger partial charge in [0.15, 0.2) is 17.5 Å². The maximum atomic E-state index is 15.2. The number of halogens is 4. The van der Waals surface area contributed by atoms with Crippen molar-refractivity contribution in [2.75, 3.05) is 18.4 Å². The number of aromatic nitrogens is 2. The van der Waals surface area contributed by atoms with Gasteiger partial charge in [-0.15, -0.1) is 0 Å². The van der Waals surface area contributed by atoms with Gasteiger partial charge in [-0.25, -0.2) is 22.6 Å². The van der Waals surface area contributed by atoms with Gasteiger partial charge >= 0.3 is 6.03 Å². The van der Waals surface area contributed by atoms with E-state index in [0.29, 0.717) is 0 Å². The Hall–Kier alpha value is -2.55. The number of hydrogen-bond donors (Lipinski definition) is 1. The quantitative estimate of drug-likeness (QED) is 0.787. The molecule has 0 aliphatic carbocycles. The number of aryl methyl sites for hydroxylation is 1. The molecular weight excluding hydrogens is 385 g/mol. The Morgan fingerprint density at radius 3 is 2.52 bits per heavy atom. The van der Waals surface area contributed by atoms with E-state index in [1.807, 2.05) is 0 Å². The number of rotatable bonds is 2. The van der Waals surface area contributed by atoms with Crippen LogP contribution >= 0.6 is 11.6 Å². The number of anilines is 1. The minimum atomic E-state index is -1.91. The number of nitrogens with one attached hydrogen (secondary N) is 1. The lowest BCUT2D eigenvalue weighted by atomic mass is 9.86. The maximum Gasteiger partial charge on any atom is 0.323 e. The zero-order chi connectivity index (χ0) is 19.8. The molecule has 0 unspecified atom stereocenters. The van der Waals surface area contributed by atoms with E-state index in [4.69, 9.17) is 11.6 Å². The van der Waals surface area contributed by atoms with E-state index in [9.17, 15) is 18.4 Å². The number of alkyl halides is 1. The maximum absolute atomic E-state index is 15.2. The van der Waals surface area contributed by atoms with Gasteiger partial charge in [-0.3, -0.25) is 10.1 Å². The molecule has 0 bridgehead atoms. The topological polar surface area (TPSA) is 67.2 Å². The first kappa shape index (κ1) is 19.2. The summed E-state index contributed by atoms with van der Waals surface area (Å²) in [6.45, 7) is 0.120. The fraction of sp³-hybridized carbons (Fsp3) is 0.353.